The summed E-state index contributed by atoms with van der Waals surface area (Å²) in [6, 6.07) is 3.52. The molecule has 102 valence electrons. The first-order chi connectivity index (χ1) is 8.82. The zero-order valence-corrected chi connectivity index (χ0v) is 10.3. The van der Waals surface area contributed by atoms with Crippen LogP contribution in [0.2, 0.25) is 0 Å². The minimum Gasteiger partial charge on any atom is -0.465 e. The number of methoxy groups -OCH3 is 1. The molecule has 0 saturated carbocycles. The Balaban J connectivity index is 3.41. The molecule has 1 rings (SSSR count). The maximum Gasteiger partial charge on any atom is 0.573 e. The highest BCUT2D eigenvalue weighted by molar-refractivity contribution is 6.17. The third-order valence-electron chi connectivity index (χ3n) is 2.10. The van der Waals surface area contributed by atoms with Gasteiger partial charge in [-0.3, -0.25) is 0 Å². The number of rotatable bonds is 3. The molecule has 0 bridgehead atoms. The van der Waals surface area contributed by atoms with Crippen molar-refractivity contribution in [3.8, 4) is 11.8 Å². The number of carbonyl (C=O) groups excluding carboxylic acids is 1. The van der Waals surface area contributed by atoms with Crippen LogP contribution < -0.4 is 4.74 Å². The number of hydrogen-bond acceptors (Lipinski definition) is 4. The smallest absolute Gasteiger partial charge is 0.465 e. The van der Waals surface area contributed by atoms with Crippen molar-refractivity contribution in [2.24, 2.45) is 0 Å². The summed E-state index contributed by atoms with van der Waals surface area (Å²) in [7, 11) is 1.01. The predicted molar refractivity (Wildman–Crippen MR) is 58.7 cm³/mol. The molecule has 19 heavy (non-hydrogen) atoms. The molecule has 4 nitrogen and oxygen atoms in total. The fourth-order valence-electron chi connectivity index (χ4n) is 1.32. The quantitative estimate of drug-likeness (QED) is 0.635. The molecule has 0 aliphatic carbocycles. The largest absolute Gasteiger partial charge is 0.573 e. The van der Waals surface area contributed by atoms with E-state index < -0.39 is 23.6 Å². The molecule has 0 radical (unpaired) electrons. The first-order valence-corrected chi connectivity index (χ1v) is 5.33. The number of benzene rings is 1. The van der Waals surface area contributed by atoms with Gasteiger partial charge in [0.05, 0.1) is 18.7 Å². The van der Waals surface area contributed by atoms with Crippen molar-refractivity contribution in [1.82, 2.24) is 0 Å². The maximum absolute atomic E-state index is 12.2. The number of carbonyl (C=O) groups is 1. The predicted octanol–water partition coefficient (Wildman–Crippen LogP) is 2.98. The molecule has 1 aromatic rings. The van der Waals surface area contributed by atoms with Gasteiger partial charge in [-0.15, -0.1) is 24.8 Å². The van der Waals surface area contributed by atoms with Gasteiger partial charge in [0.1, 0.15) is 11.3 Å². The third-order valence-corrected chi connectivity index (χ3v) is 2.39. The minimum atomic E-state index is -4.99. The van der Waals surface area contributed by atoms with E-state index in [2.05, 4.69) is 9.47 Å². The summed E-state index contributed by atoms with van der Waals surface area (Å²) in [4.78, 5) is 11.4. The van der Waals surface area contributed by atoms with Crippen molar-refractivity contribution in [3.63, 3.8) is 0 Å². The number of alkyl halides is 4. The number of ether oxygens (including phenoxy) is 2. The number of nitriles is 1. The molecule has 0 saturated heterocycles. The second-order valence-electron chi connectivity index (χ2n) is 3.29. The van der Waals surface area contributed by atoms with Crippen molar-refractivity contribution in [3.05, 3.63) is 28.8 Å². The second-order valence-corrected chi connectivity index (χ2v) is 3.56. The highest BCUT2D eigenvalue weighted by Gasteiger charge is 2.33. The van der Waals surface area contributed by atoms with Gasteiger partial charge >= 0.3 is 12.3 Å². The van der Waals surface area contributed by atoms with Crippen molar-refractivity contribution < 1.29 is 27.4 Å². The zero-order valence-electron chi connectivity index (χ0n) is 9.55. The monoisotopic (exact) mass is 293 g/mol. The molecule has 8 heteroatoms. The van der Waals surface area contributed by atoms with Crippen LogP contribution >= 0.6 is 11.6 Å². The van der Waals surface area contributed by atoms with E-state index in [0.29, 0.717) is 0 Å². The summed E-state index contributed by atoms with van der Waals surface area (Å²) < 4.78 is 44.7. The summed E-state index contributed by atoms with van der Waals surface area (Å²) in [5.74, 6) is -1.96. The lowest BCUT2D eigenvalue weighted by Gasteiger charge is -2.13. The molecule has 0 N–H and O–H groups in total. The lowest BCUT2D eigenvalue weighted by atomic mass is 10.0. The van der Waals surface area contributed by atoms with Crippen LogP contribution in [0.25, 0.3) is 0 Å². The Bertz CT molecular complexity index is 537. The van der Waals surface area contributed by atoms with Crippen molar-refractivity contribution in [2.75, 3.05) is 7.11 Å². The highest BCUT2D eigenvalue weighted by Crippen LogP contribution is 2.30. The number of nitrogens with zero attached hydrogens (tertiary/aromatic N) is 1. The van der Waals surface area contributed by atoms with E-state index in [-0.39, 0.29) is 17.0 Å². The van der Waals surface area contributed by atoms with E-state index in [1.807, 2.05) is 0 Å². The van der Waals surface area contributed by atoms with E-state index in [0.717, 1.165) is 19.2 Å². The standard InChI is InChI=1S/C11H7ClF3NO3/c1-18-10(17)8-2-6(4-12)7(5-16)3-9(8)19-11(13,14)15/h2-3H,4H2,1H3. The fraction of sp³-hybridized carbons (Fsp3) is 0.273. The molecule has 0 fully saturated rings. The van der Waals surface area contributed by atoms with Gasteiger partial charge in [0.15, 0.2) is 0 Å². The van der Waals surface area contributed by atoms with Crippen molar-refractivity contribution in [1.29, 1.82) is 5.26 Å². The molecule has 0 spiro atoms. The van der Waals surface area contributed by atoms with Crippen molar-refractivity contribution >= 4 is 17.6 Å². The summed E-state index contributed by atoms with van der Waals surface area (Å²) in [6.45, 7) is 0. The molecule has 0 aliphatic rings. The average molecular weight is 294 g/mol. The first kappa shape index (κ1) is 15.1. The van der Waals surface area contributed by atoms with Gasteiger partial charge in [-0.1, -0.05) is 0 Å². The molecule has 0 amide bonds. The molecule has 0 atom stereocenters. The van der Waals surface area contributed by atoms with E-state index >= 15 is 0 Å². The Hall–Kier alpha value is -1.94. The minimum absolute atomic E-state index is 0.109. The Morgan fingerprint density at radius 3 is 2.53 bits per heavy atom. The van der Waals surface area contributed by atoms with Crippen LogP contribution in [0, 0.1) is 11.3 Å². The Kier molecular flexibility index (Phi) is 4.62. The SMILES string of the molecule is COC(=O)c1cc(CCl)c(C#N)cc1OC(F)(F)F. The highest BCUT2D eigenvalue weighted by atomic mass is 35.5. The van der Waals surface area contributed by atoms with Crippen LogP contribution in [0.4, 0.5) is 13.2 Å². The van der Waals surface area contributed by atoms with Crippen molar-refractivity contribution in [2.45, 2.75) is 12.2 Å². The van der Waals surface area contributed by atoms with E-state index in [1.54, 1.807) is 6.07 Å². The van der Waals surface area contributed by atoms with E-state index in [4.69, 9.17) is 16.9 Å². The number of halogens is 4. The van der Waals surface area contributed by atoms with Gasteiger partial charge in [0.2, 0.25) is 0 Å². The summed E-state index contributed by atoms with van der Waals surface area (Å²) in [5.41, 5.74) is -0.351. The van der Waals surface area contributed by atoms with Crippen LogP contribution in [0.15, 0.2) is 12.1 Å². The molecular formula is C11H7ClF3NO3. The Morgan fingerprint density at radius 1 is 1.47 bits per heavy atom. The first-order valence-electron chi connectivity index (χ1n) is 4.79. The molecule has 0 aromatic heterocycles. The molecule has 1 aromatic carbocycles. The van der Waals surface area contributed by atoms with Gasteiger partial charge < -0.3 is 9.47 Å². The van der Waals surface area contributed by atoms with Crippen LogP contribution in [-0.2, 0) is 10.6 Å². The number of esters is 1. The normalized spacial score (nSPS) is 10.7. The van der Waals surface area contributed by atoms with Gasteiger partial charge in [-0.2, -0.15) is 5.26 Å². The van der Waals surface area contributed by atoms with E-state index in [1.165, 1.54) is 0 Å². The van der Waals surface area contributed by atoms with E-state index in [9.17, 15) is 18.0 Å². The third kappa shape index (κ3) is 3.76. The van der Waals surface area contributed by atoms with Gasteiger partial charge in [0.25, 0.3) is 0 Å². The van der Waals surface area contributed by atoms with Gasteiger partial charge in [-0.25, -0.2) is 4.79 Å². The fourth-order valence-corrected chi connectivity index (χ4v) is 1.54. The summed E-state index contributed by atoms with van der Waals surface area (Å²) >= 11 is 5.55. The molecule has 0 unspecified atom stereocenters. The lowest BCUT2D eigenvalue weighted by Crippen LogP contribution is -2.19. The summed E-state index contributed by atoms with van der Waals surface area (Å²) in [6.07, 6.45) is -4.99. The molecular weight excluding hydrogens is 287 g/mol. The Morgan fingerprint density at radius 2 is 2.11 bits per heavy atom. The maximum atomic E-state index is 12.2. The van der Waals surface area contributed by atoms with Crippen LogP contribution in [0.1, 0.15) is 21.5 Å². The molecule has 0 heterocycles. The van der Waals surface area contributed by atoms with Crippen LogP contribution in [0.3, 0.4) is 0 Å². The average Bonchev–Trinajstić information content (AvgIpc) is 2.35. The van der Waals surface area contributed by atoms with Crippen LogP contribution in [-0.4, -0.2) is 19.4 Å². The van der Waals surface area contributed by atoms with Crippen LogP contribution in [0.5, 0.6) is 5.75 Å². The topological polar surface area (TPSA) is 59.3 Å². The summed E-state index contributed by atoms with van der Waals surface area (Å²) in [5, 5.41) is 8.80. The number of hydrogen-bond donors (Lipinski definition) is 0. The van der Waals surface area contributed by atoms with Gasteiger partial charge in [-0.05, 0) is 17.7 Å². The molecule has 0 aliphatic heterocycles. The zero-order chi connectivity index (χ0) is 14.6. The van der Waals surface area contributed by atoms with Gasteiger partial charge in [0, 0.05) is 5.88 Å². The lowest BCUT2D eigenvalue weighted by molar-refractivity contribution is -0.274. The second kappa shape index (κ2) is 5.80. The Labute approximate surface area is 111 Å².